The highest BCUT2D eigenvalue weighted by molar-refractivity contribution is 7.89. The third-order valence-electron chi connectivity index (χ3n) is 4.20. The molecule has 30 heavy (non-hydrogen) atoms. The molecule has 1 amide bonds. The highest BCUT2D eigenvalue weighted by Crippen LogP contribution is 2.23. The van der Waals surface area contributed by atoms with Crippen molar-refractivity contribution >= 4 is 33.5 Å². The van der Waals surface area contributed by atoms with Crippen molar-refractivity contribution in [1.29, 1.82) is 0 Å². The van der Waals surface area contributed by atoms with Gasteiger partial charge in [-0.1, -0.05) is 61.7 Å². The Bertz CT molecular complexity index is 965. The maximum atomic E-state index is 12.6. The molecule has 0 radical (unpaired) electrons. The summed E-state index contributed by atoms with van der Waals surface area (Å²) in [5.41, 5.74) is 0.760. The molecule has 0 bridgehead atoms. The minimum absolute atomic E-state index is 0.0155. The molecule has 0 saturated heterocycles. The summed E-state index contributed by atoms with van der Waals surface area (Å²) in [5.74, 6) is -1.22. The Hall–Kier alpha value is -2.42. The van der Waals surface area contributed by atoms with Crippen LogP contribution in [0, 0.1) is 0 Å². The molecule has 0 unspecified atom stereocenters. The summed E-state index contributed by atoms with van der Waals surface area (Å²) >= 11 is 6.04. The second kappa shape index (κ2) is 11.7. The number of benzene rings is 2. The minimum atomic E-state index is -3.96. The van der Waals surface area contributed by atoms with Gasteiger partial charge in [-0.2, -0.15) is 0 Å². The van der Waals surface area contributed by atoms with Gasteiger partial charge in [0.2, 0.25) is 10.0 Å². The van der Waals surface area contributed by atoms with Crippen molar-refractivity contribution in [2.24, 2.45) is 0 Å². The van der Waals surface area contributed by atoms with Gasteiger partial charge in [-0.3, -0.25) is 4.79 Å². The number of amides is 1. The first-order valence-electron chi connectivity index (χ1n) is 9.60. The normalized spacial score (nSPS) is 11.1. The average Bonchev–Trinajstić information content (AvgIpc) is 2.74. The Morgan fingerprint density at radius 2 is 1.80 bits per heavy atom. The van der Waals surface area contributed by atoms with Crippen molar-refractivity contribution in [2.45, 2.75) is 37.6 Å². The van der Waals surface area contributed by atoms with Crippen molar-refractivity contribution in [1.82, 2.24) is 10.0 Å². The van der Waals surface area contributed by atoms with Crippen LogP contribution < -0.4 is 10.0 Å². The molecular weight excluding hydrogens is 428 g/mol. The molecule has 0 aliphatic rings. The van der Waals surface area contributed by atoms with Crippen molar-refractivity contribution in [3.8, 4) is 0 Å². The standard InChI is InChI=1S/C21H25ClN2O5S/c1-2-3-7-12-23-20(25)15-29-21(26)17-10-11-18(22)19(13-17)30(27,28)24-14-16-8-5-4-6-9-16/h4-6,8-11,13,24H,2-3,7,12,14-15H2,1H3,(H,23,25). The fraction of sp³-hybridized carbons (Fsp3) is 0.333. The summed E-state index contributed by atoms with van der Waals surface area (Å²) in [6.45, 7) is 2.20. The smallest absolute Gasteiger partial charge is 0.338 e. The molecule has 2 aromatic carbocycles. The predicted molar refractivity (Wildman–Crippen MR) is 115 cm³/mol. The zero-order valence-electron chi connectivity index (χ0n) is 16.7. The van der Waals surface area contributed by atoms with Gasteiger partial charge in [0, 0.05) is 13.1 Å². The molecule has 0 spiro atoms. The number of ether oxygens (including phenoxy) is 1. The van der Waals surface area contributed by atoms with E-state index in [0.29, 0.717) is 6.54 Å². The van der Waals surface area contributed by atoms with E-state index in [0.717, 1.165) is 30.9 Å². The number of hydrogen-bond acceptors (Lipinski definition) is 5. The zero-order chi connectivity index (χ0) is 22.0. The van der Waals surface area contributed by atoms with E-state index in [-0.39, 0.29) is 22.0 Å². The van der Waals surface area contributed by atoms with Crippen LogP contribution in [0.3, 0.4) is 0 Å². The van der Waals surface area contributed by atoms with Gasteiger partial charge in [0.05, 0.1) is 10.6 Å². The number of sulfonamides is 1. The van der Waals surface area contributed by atoms with Crippen LogP contribution in [0.15, 0.2) is 53.4 Å². The fourth-order valence-electron chi connectivity index (χ4n) is 2.56. The first-order valence-corrected chi connectivity index (χ1v) is 11.5. The lowest BCUT2D eigenvalue weighted by atomic mass is 10.2. The fourth-order valence-corrected chi connectivity index (χ4v) is 4.10. The van der Waals surface area contributed by atoms with Crippen LogP contribution in [0.1, 0.15) is 42.1 Å². The number of unbranched alkanes of at least 4 members (excludes halogenated alkanes) is 2. The van der Waals surface area contributed by atoms with Crippen LogP contribution in [0.4, 0.5) is 0 Å². The maximum absolute atomic E-state index is 12.6. The van der Waals surface area contributed by atoms with Crippen molar-refractivity contribution in [2.75, 3.05) is 13.2 Å². The number of carbonyl (C=O) groups excluding carboxylic acids is 2. The minimum Gasteiger partial charge on any atom is -0.452 e. The van der Waals surface area contributed by atoms with Gasteiger partial charge in [-0.15, -0.1) is 0 Å². The Morgan fingerprint density at radius 3 is 2.50 bits per heavy atom. The molecule has 0 atom stereocenters. The number of carbonyl (C=O) groups is 2. The largest absolute Gasteiger partial charge is 0.452 e. The van der Waals surface area contributed by atoms with Gasteiger partial charge in [0.15, 0.2) is 6.61 Å². The molecular formula is C21H25ClN2O5S. The lowest BCUT2D eigenvalue weighted by molar-refractivity contribution is -0.124. The summed E-state index contributed by atoms with van der Waals surface area (Å²) < 4.78 is 32.7. The van der Waals surface area contributed by atoms with Crippen LogP contribution in [-0.4, -0.2) is 33.4 Å². The molecule has 162 valence electrons. The molecule has 2 N–H and O–H groups in total. The molecule has 0 fully saturated rings. The van der Waals surface area contributed by atoms with E-state index in [9.17, 15) is 18.0 Å². The Morgan fingerprint density at radius 1 is 1.07 bits per heavy atom. The summed E-state index contributed by atoms with van der Waals surface area (Å²) in [4.78, 5) is 23.7. The Labute approximate surface area is 181 Å². The molecule has 2 rings (SSSR count). The van der Waals surface area contributed by atoms with Gasteiger partial charge < -0.3 is 10.1 Å². The number of nitrogens with one attached hydrogen (secondary N) is 2. The third-order valence-corrected chi connectivity index (χ3v) is 6.09. The molecule has 7 nitrogen and oxygen atoms in total. The predicted octanol–water partition coefficient (Wildman–Crippen LogP) is 3.28. The van der Waals surface area contributed by atoms with E-state index in [4.69, 9.17) is 16.3 Å². The quantitative estimate of drug-likeness (QED) is 0.402. The molecule has 9 heteroatoms. The van der Waals surface area contributed by atoms with Gasteiger partial charge in [0.1, 0.15) is 4.90 Å². The van der Waals surface area contributed by atoms with Crippen molar-refractivity contribution in [3.63, 3.8) is 0 Å². The van der Waals surface area contributed by atoms with E-state index in [1.807, 2.05) is 6.07 Å². The molecule has 0 aliphatic heterocycles. The molecule has 2 aromatic rings. The van der Waals surface area contributed by atoms with Gasteiger partial charge in [-0.05, 0) is 30.2 Å². The highest BCUT2D eigenvalue weighted by Gasteiger charge is 2.21. The first kappa shape index (κ1) is 23.9. The second-order valence-corrected chi connectivity index (χ2v) is 8.73. The Kier molecular flexibility index (Phi) is 9.29. The topological polar surface area (TPSA) is 102 Å². The van der Waals surface area contributed by atoms with Gasteiger partial charge >= 0.3 is 5.97 Å². The van der Waals surface area contributed by atoms with Crippen LogP contribution in [0.25, 0.3) is 0 Å². The summed E-state index contributed by atoms with van der Waals surface area (Å²) in [6.07, 6.45) is 2.89. The molecule has 0 aliphatic carbocycles. The van der Waals surface area contributed by atoms with Crippen LogP contribution >= 0.6 is 11.6 Å². The lowest BCUT2D eigenvalue weighted by Gasteiger charge is -2.11. The number of halogens is 1. The number of rotatable bonds is 11. The SMILES string of the molecule is CCCCCNC(=O)COC(=O)c1ccc(Cl)c(S(=O)(=O)NCc2ccccc2)c1. The third kappa shape index (κ3) is 7.44. The first-order chi connectivity index (χ1) is 14.3. The van der Waals surface area contributed by atoms with Crippen LogP contribution in [0.5, 0.6) is 0 Å². The monoisotopic (exact) mass is 452 g/mol. The van der Waals surface area contributed by atoms with E-state index in [2.05, 4.69) is 17.0 Å². The van der Waals surface area contributed by atoms with E-state index in [1.54, 1.807) is 24.3 Å². The number of hydrogen-bond donors (Lipinski definition) is 2. The second-order valence-electron chi connectivity index (χ2n) is 6.59. The molecule has 0 aromatic heterocycles. The summed E-state index contributed by atoms with van der Waals surface area (Å²) in [5, 5.41) is 2.63. The summed E-state index contributed by atoms with van der Waals surface area (Å²) in [7, 11) is -3.96. The Balaban J connectivity index is 1.99. The lowest BCUT2D eigenvalue weighted by Crippen LogP contribution is -2.29. The van der Waals surface area contributed by atoms with E-state index < -0.39 is 28.5 Å². The molecule has 0 heterocycles. The van der Waals surface area contributed by atoms with E-state index >= 15 is 0 Å². The van der Waals surface area contributed by atoms with E-state index in [1.165, 1.54) is 12.1 Å². The summed E-state index contributed by atoms with van der Waals surface area (Å²) in [6, 6.07) is 12.8. The van der Waals surface area contributed by atoms with Gasteiger partial charge in [0.25, 0.3) is 5.91 Å². The zero-order valence-corrected chi connectivity index (χ0v) is 18.3. The number of esters is 1. The van der Waals surface area contributed by atoms with Gasteiger partial charge in [-0.25, -0.2) is 17.9 Å². The molecule has 0 saturated carbocycles. The maximum Gasteiger partial charge on any atom is 0.338 e. The van der Waals surface area contributed by atoms with Crippen LogP contribution in [0.2, 0.25) is 5.02 Å². The highest BCUT2D eigenvalue weighted by atomic mass is 35.5. The average molecular weight is 453 g/mol. The van der Waals surface area contributed by atoms with Crippen LogP contribution in [-0.2, 0) is 26.1 Å². The van der Waals surface area contributed by atoms with Crippen molar-refractivity contribution < 1.29 is 22.7 Å². The van der Waals surface area contributed by atoms with Crippen molar-refractivity contribution in [3.05, 3.63) is 64.7 Å².